The Bertz CT molecular complexity index is 1950. The van der Waals surface area contributed by atoms with Gasteiger partial charge in [-0.15, -0.1) is 0 Å². The van der Waals surface area contributed by atoms with Crippen LogP contribution in [0.5, 0.6) is 11.5 Å². The zero-order valence-electron chi connectivity index (χ0n) is 28.5. The van der Waals surface area contributed by atoms with Crippen molar-refractivity contribution in [2.24, 2.45) is 0 Å². The average Bonchev–Trinajstić information content (AvgIpc) is 3.82. The van der Waals surface area contributed by atoms with Crippen LogP contribution in [0.1, 0.15) is 26.7 Å². The Kier molecular flexibility index (Phi) is 15.0. The summed E-state index contributed by atoms with van der Waals surface area (Å²) in [6, 6.07) is 10.2. The van der Waals surface area contributed by atoms with Gasteiger partial charge in [-0.25, -0.2) is 19.2 Å². The van der Waals surface area contributed by atoms with Crippen molar-refractivity contribution in [3.05, 3.63) is 69.2 Å². The summed E-state index contributed by atoms with van der Waals surface area (Å²) in [5.41, 5.74) is 0.432. The van der Waals surface area contributed by atoms with Crippen LogP contribution in [-0.2, 0) is 47.7 Å². The highest BCUT2D eigenvalue weighted by Gasteiger charge is 2.35. The number of rotatable bonds is 15. The molecule has 0 atom stereocenters. The lowest BCUT2D eigenvalue weighted by atomic mass is 10.0. The van der Waals surface area contributed by atoms with Gasteiger partial charge in [0.15, 0.2) is 11.1 Å². The molecule has 0 saturated heterocycles. The third-order valence-electron chi connectivity index (χ3n) is 6.74. The van der Waals surface area contributed by atoms with E-state index < -0.39 is 35.8 Å². The fourth-order valence-electron chi connectivity index (χ4n) is 4.24. The highest BCUT2D eigenvalue weighted by atomic mass is 32.2. The smallest absolute Gasteiger partial charge is 0.350 e. The molecule has 54 heavy (non-hydrogen) atoms. The Morgan fingerprint density at radius 2 is 0.944 bits per heavy atom. The molecule has 2 aliphatic rings. The first-order valence-electron chi connectivity index (χ1n) is 15.7. The molecule has 4 rings (SSSR count). The molecule has 0 bridgehead atoms. The van der Waals surface area contributed by atoms with Gasteiger partial charge in [-0.05, 0) is 35.4 Å². The van der Waals surface area contributed by atoms with Gasteiger partial charge >= 0.3 is 35.8 Å². The molecule has 2 aromatic rings. The van der Waals surface area contributed by atoms with Gasteiger partial charge in [0.25, 0.3) is 0 Å². The number of benzene rings is 2. The molecule has 2 aromatic carbocycles. The second-order valence-electron chi connectivity index (χ2n) is 10.2. The monoisotopic (exact) mass is 808 g/mol. The molecular formula is C36H28N2O12S4. The van der Waals surface area contributed by atoms with E-state index in [4.69, 9.17) is 28.4 Å². The topological polar surface area (TPSA) is 205 Å². The molecule has 278 valence electrons. The normalized spacial score (nSPS) is 14.1. The van der Waals surface area contributed by atoms with E-state index in [0.29, 0.717) is 30.7 Å². The van der Waals surface area contributed by atoms with Crippen molar-refractivity contribution in [1.82, 2.24) is 0 Å². The molecule has 0 N–H and O–H groups in total. The first kappa shape index (κ1) is 41.4. The van der Waals surface area contributed by atoms with Crippen molar-refractivity contribution in [2.75, 3.05) is 26.4 Å². The summed E-state index contributed by atoms with van der Waals surface area (Å²) in [7, 11) is 0. The van der Waals surface area contributed by atoms with E-state index in [-0.39, 0.29) is 70.4 Å². The van der Waals surface area contributed by atoms with E-state index in [1.807, 2.05) is 12.1 Å². The molecule has 0 saturated carbocycles. The molecule has 0 unspecified atom stereocenters. The lowest BCUT2D eigenvalue weighted by Gasteiger charge is -2.15. The Hall–Kier alpha value is -5.40. The van der Waals surface area contributed by atoms with Gasteiger partial charge in [-0.1, -0.05) is 74.1 Å². The number of carbonyl (C=O) groups is 6. The minimum absolute atomic E-state index is 0.0707. The average molecular weight is 809 g/mol. The van der Waals surface area contributed by atoms with Crippen LogP contribution < -0.4 is 9.47 Å². The van der Waals surface area contributed by atoms with Gasteiger partial charge in [0, 0.05) is 34.8 Å². The van der Waals surface area contributed by atoms with Crippen LogP contribution >= 0.6 is 47.0 Å². The van der Waals surface area contributed by atoms with Crippen LogP contribution in [0.15, 0.2) is 88.8 Å². The van der Waals surface area contributed by atoms with Crippen molar-refractivity contribution in [2.45, 2.75) is 46.3 Å². The quantitative estimate of drug-likeness (QED) is 0.0477. The van der Waals surface area contributed by atoms with Crippen molar-refractivity contribution in [3.63, 3.8) is 0 Å². The third kappa shape index (κ3) is 9.97. The molecule has 18 heteroatoms. The van der Waals surface area contributed by atoms with Crippen molar-refractivity contribution >= 4 is 82.9 Å². The number of carbonyl (C=O) groups excluding carboxylic acids is 6. The lowest BCUT2D eigenvalue weighted by Crippen LogP contribution is -2.14. The Balaban J connectivity index is 1.77. The van der Waals surface area contributed by atoms with Gasteiger partial charge in [0.1, 0.15) is 50.1 Å². The van der Waals surface area contributed by atoms with Crippen molar-refractivity contribution < 1.29 is 57.2 Å². The summed E-state index contributed by atoms with van der Waals surface area (Å²) in [4.78, 5) is 75.3. The van der Waals surface area contributed by atoms with E-state index in [1.54, 1.807) is 38.1 Å². The van der Waals surface area contributed by atoms with E-state index >= 15 is 0 Å². The summed E-state index contributed by atoms with van der Waals surface area (Å²) in [6.45, 7) is 8.66. The molecule has 0 aromatic heterocycles. The molecule has 0 fully saturated rings. The van der Waals surface area contributed by atoms with Crippen LogP contribution in [0.3, 0.4) is 0 Å². The maximum atomic E-state index is 13.0. The van der Waals surface area contributed by atoms with Gasteiger partial charge in [0.05, 0.1) is 18.3 Å². The number of ether oxygens (including phenoxy) is 6. The highest BCUT2D eigenvalue weighted by molar-refractivity contribution is 8.25. The first-order valence-corrected chi connectivity index (χ1v) is 18.9. The Labute approximate surface area is 325 Å². The molecular weight excluding hydrogens is 781 g/mol. The molecule has 0 aliphatic carbocycles. The zero-order valence-corrected chi connectivity index (χ0v) is 31.8. The van der Waals surface area contributed by atoms with Crippen LogP contribution in [0.25, 0.3) is 11.1 Å². The molecule has 0 spiro atoms. The van der Waals surface area contributed by atoms with E-state index in [9.17, 15) is 39.3 Å². The molecule has 14 nitrogen and oxygen atoms in total. The maximum absolute atomic E-state index is 13.0. The number of nitriles is 2. The fourth-order valence-corrected chi connectivity index (χ4v) is 9.53. The number of nitrogens with zero attached hydrogens (tertiary/aromatic N) is 2. The molecule has 0 radical (unpaired) electrons. The fraction of sp³-hybridized carbons (Fsp3) is 0.222. The van der Waals surface area contributed by atoms with Gasteiger partial charge in [-0.2, -0.15) is 10.5 Å². The minimum Gasteiger partial charge on any atom is -0.459 e. The van der Waals surface area contributed by atoms with E-state index in [1.165, 1.54) is 0 Å². The highest BCUT2D eigenvalue weighted by Crippen LogP contribution is 2.63. The van der Waals surface area contributed by atoms with Crippen LogP contribution in [0, 0.1) is 22.7 Å². The summed E-state index contributed by atoms with van der Waals surface area (Å²) < 4.78 is 31.6. The summed E-state index contributed by atoms with van der Waals surface area (Å²) in [5.74, 6) is -4.06. The van der Waals surface area contributed by atoms with Crippen molar-refractivity contribution in [1.29, 1.82) is 10.5 Å². The largest absolute Gasteiger partial charge is 0.459 e. The maximum Gasteiger partial charge on any atom is 0.350 e. The second kappa shape index (κ2) is 19.6. The second-order valence-corrected chi connectivity index (χ2v) is 14.8. The third-order valence-corrected chi connectivity index (χ3v) is 12.0. The van der Waals surface area contributed by atoms with E-state index in [0.717, 1.165) is 59.2 Å². The summed E-state index contributed by atoms with van der Waals surface area (Å²) in [5, 5.41) is 20.0. The van der Waals surface area contributed by atoms with Gasteiger partial charge < -0.3 is 28.4 Å². The molecule has 0 amide bonds. The molecule has 2 heterocycles. The number of fused-ring (bicyclic) bond motifs is 2. The van der Waals surface area contributed by atoms with Crippen LogP contribution in [0.4, 0.5) is 0 Å². The number of hydrogen-bond acceptors (Lipinski definition) is 18. The van der Waals surface area contributed by atoms with E-state index in [2.05, 4.69) is 13.2 Å². The Morgan fingerprint density at radius 3 is 1.28 bits per heavy atom. The van der Waals surface area contributed by atoms with Gasteiger partial charge in [-0.3, -0.25) is 9.59 Å². The summed E-state index contributed by atoms with van der Waals surface area (Å²) in [6.07, 6.45) is 2.05. The Morgan fingerprint density at radius 1 is 0.593 bits per heavy atom. The van der Waals surface area contributed by atoms with Gasteiger partial charge in [0.2, 0.25) is 0 Å². The number of hydrogen-bond donors (Lipinski definition) is 0. The summed E-state index contributed by atoms with van der Waals surface area (Å²) >= 11 is 4.15. The van der Waals surface area contributed by atoms with Crippen LogP contribution in [-0.4, -0.2) is 62.2 Å². The first-order chi connectivity index (χ1) is 26.0. The predicted molar refractivity (Wildman–Crippen MR) is 197 cm³/mol. The SMILES string of the molecule is C=CC(=O)OCCOC(=O)/C(C#N)=C1/Sc2c(OC(=O)CC)ccc(-c3ccc(OC(=O)CC)c4c3S/C(=C(/C#N)C(=O)OCCOC(=O)C=C)S4)c2S1. The minimum atomic E-state index is -0.969. The van der Waals surface area contributed by atoms with Crippen LogP contribution in [0.2, 0.25) is 0 Å². The molecule has 2 aliphatic heterocycles. The number of esters is 6. The van der Waals surface area contributed by atoms with Crippen molar-refractivity contribution in [3.8, 4) is 34.8 Å². The number of thioether (sulfide) groups is 4. The lowest BCUT2D eigenvalue weighted by molar-refractivity contribution is -0.146. The zero-order chi connectivity index (χ0) is 39.4. The predicted octanol–water partition coefficient (Wildman–Crippen LogP) is 6.40. The standard InChI is InChI=1S/C36H28N2O12S4/c1-5-25(39)45-13-15-47-33(43)21(17-37)35-51-29-19(9-11-23(31(29)53-35)49-27(41)7-3)20-10-12-24(50-28(42)8-4)32-30(20)52-36(54-32)22(18-38)34(44)48-16-14-46-26(40)6-2/h5-6,9-12H,1-2,7-8,13-16H2,3-4H3/b35-21+,36-22+.